The molecular formula is C13H11NO2S. The molecule has 0 aliphatic carbocycles. The third kappa shape index (κ3) is 1.85. The van der Waals surface area contributed by atoms with Crippen LogP contribution in [0.1, 0.15) is 18.0 Å². The molecule has 0 aliphatic heterocycles. The molecule has 1 atom stereocenters. The maximum atomic E-state index is 9.44. The van der Waals surface area contributed by atoms with Gasteiger partial charge in [-0.2, -0.15) is 0 Å². The van der Waals surface area contributed by atoms with Crippen molar-refractivity contribution in [1.29, 1.82) is 0 Å². The lowest BCUT2D eigenvalue weighted by Gasteiger charge is -1.95. The number of furan rings is 1. The molecule has 3 rings (SSSR count). The largest absolute Gasteiger partial charge is 0.454 e. The van der Waals surface area contributed by atoms with Crippen LogP contribution >= 0.6 is 11.3 Å². The van der Waals surface area contributed by atoms with E-state index in [1.807, 2.05) is 35.7 Å². The average molecular weight is 245 g/mol. The molecule has 3 aromatic rings. The van der Waals surface area contributed by atoms with Gasteiger partial charge in [0.2, 0.25) is 0 Å². The van der Waals surface area contributed by atoms with Gasteiger partial charge in [-0.25, -0.2) is 4.98 Å². The Hall–Kier alpha value is -1.65. The molecule has 3 nitrogen and oxygen atoms in total. The van der Waals surface area contributed by atoms with E-state index < -0.39 is 6.10 Å². The Bertz CT molecular complexity index is 621. The van der Waals surface area contributed by atoms with Crippen LogP contribution in [0.4, 0.5) is 0 Å². The van der Waals surface area contributed by atoms with Gasteiger partial charge in [-0.05, 0) is 19.1 Å². The Labute approximate surface area is 102 Å². The van der Waals surface area contributed by atoms with Crippen LogP contribution in [-0.4, -0.2) is 10.1 Å². The number of para-hydroxylation sites is 1. The summed E-state index contributed by atoms with van der Waals surface area (Å²) in [5.74, 6) is 0.745. The van der Waals surface area contributed by atoms with E-state index in [4.69, 9.17) is 4.42 Å². The highest BCUT2D eigenvalue weighted by Gasteiger charge is 2.12. The molecule has 86 valence electrons. The standard InChI is InChI=1S/C13H11NO2S/c1-8(15)13-14-10(7-17-13)12-6-9-4-2-3-5-11(9)16-12/h2-8,15H,1H3. The highest BCUT2D eigenvalue weighted by atomic mass is 32.1. The zero-order valence-corrected chi connectivity index (χ0v) is 10.1. The number of thiazole rings is 1. The van der Waals surface area contributed by atoms with E-state index in [1.165, 1.54) is 11.3 Å². The first-order chi connectivity index (χ1) is 8.24. The number of aromatic nitrogens is 1. The van der Waals surface area contributed by atoms with Crippen LogP contribution in [0.5, 0.6) is 0 Å². The molecule has 0 spiro atoms. The number of aliphatic hydroxyl groups excluding tert-OH is 1. The minimum atomic E-state index is -0.530. The summed E-state index contributed by atoms with van der Waals surface area (Å²) in [5, 5.41) is 13.1. The summed E-state index contributed by atoms with van der Waals surface area (Å²) in [6, 6.07) is 9.82. The lowest BCUT2D eigenvalue weighted by Crippen LogP contribution is -1.88. The van der Waals surface area contributed by atoms with E-state index in [0.29, 0.717) is 5.01 Å². The number of nitrogens with zero attached hydrogens (tertiary/aromatic N) is 1. The number of benzene rings is 1. The minimum absolute atomic E-state index is 0.530. The molecule has 1 unspecified atom stereocenters. The van der Waals surface area contributed by atoms with Crippen molar-refractivity contribution in [2.24, 2.45) is 0 Å². The third-order valence-electron chi connectivity index (χ3n) is 2.56. The highest BCUT2D eigenvalue weighted by Crippen LogP contribution is 2.29. The zero-order valence-electron chi connectivity index (χ0n) is 9.25. The molecule has 1 N–H and O–H groups in total. The smallest absolute Gasteiger partial charge is 0.154 e. The van der Waals surface area contributed by atoms with Crippen molar-refractivity contribution in [3.8, 4) is 11.5 Å². The second kappa shape index (κ2) is 3.98. The first kappa shape index (κ1) is 10.5. The fourth-order valence-electron chi connectivity index (χ4n) is 1.70. The van der Waals surface area contributed by atoms with E-state index >= 15 is 0 Å². The molecule has 2 heterocycles. The fraction of sp³-hybridized carbons (Fsp3) is 0.154. The van der Waals surface area contributed by atoms with E-state index in [0.717, 1.165) is 22.4 Å². The van der Waals surface area contributed by atoms with Crippen molar-refractivity contribution >= 4 is 22.3 Å². The van der Waals surface area contributed by atoms with Crippen LogP contribution in [0, 0.1) is 0 Å². The van der Waals surface area contributed by atoms with Gasteiger partial charge in [-0.3, -0.25) is 0 Å². The van der Waals surface area contributed by atoms with E-state index in [-0.39, 0.29) is 0 Å². The molecule has 0 saturated carbocycles. The lowest BCUT2D eigenvalue weighted by molar-refractivity contribution is 0.199. The van der Waals surface area contributed by atoms with Gasteiger partial charge in [0.15, 0.2) is 5.76 Å². The van der Waals surface area contributed by atoms with Crippen molar-refractivity contribution in [2.45, 2.75) is 13.0 Å². The van der Waals surface area contributed by atoms with Gasteiger partial charge in [-0.15, -0.1) is 11.3 Å². The molecule has 2 aromatic heterocycles. The number of hydrogen-bond acceptors (Lipinski definition) is 4. The van der Waals surface area contributed by atoms with Gasteiger partial charge in [0.25, 0.3) is 0 Å². The molecule has 0 bridgehead atoms. The Morgan fingerprint density at radius 2 is 2.18 bits per heavy atom. The van der Waals surface area contributed by atoms with Gasteiger partial charge < -0.3 is 9.52 Å². The zero-order chi connectivity index (χ0) is 11.8. The van der Waals surface area contributed by atoms with Gasteiger partial charge in [-0.1, -0.05) is 18.2 Å². The molecule has 0 radical (unpaired) electrons. The molecule has 17 heavy (non-hydrogen) atoms. The second-order valence-electron chi connectivity index (χ2n) is 3.90. The maximum absolute atomic E-state index is 9.44. The van der Waals surface area contributed by atoms with Crippen molar-refractivity contribution < 1.29 is 9.52 Å². The van der Waals surface area contributed by atoms with Crippen LogP contribution in [0.2, 0.25) is 0 Å². The highest BCUT2D eigenvalue weighted by molar-refractivity contribution is 7.10. The monoisotopic (exact) mass is 245 g/mol. The number of fused-ring (bicyclic) bond motifs is 1. The van der Waals surface area contributed by atoms with Crippen LogP contribution in [0.3, 0.4) is 0 Å². The van der Waals surface area contributed by atoms with E-state index in [1.54, 1.807) is 6.92 Å². The predicted molar refractivity (Wildman–Crippen MR) is 68.0 cm³/mol. The maximum Gasteiger partial charge on any atom is 0.154 e. The Balaban J connectivity index is 2.07. The van der Waals surface area contributed by atoms with Crippen LogP contribution in [-0.2, 0) is 0 Å². The summed E-state index contributed by atoms with van der Waals surface area (Å²) < 4.78 is 5.71. The van der Waals surface area contributed by atoms with Crippen LogP contribution in [0.25, 0.3) is 22.4 Å². The van der Waals surface area contributed by atoms with Gasteiger partial charge in [0, 0.05) is 10.8 Å². The summed E-state index contributed by atoms with van der Waals surface area (Å²) in [5.41, 5.74) is 1.64. The summed E-state index contributed by atoms with van der Waals surface area (Å²) in [6.45, 7) is 1.71. The Morgan fingerprint density at radius 1 is 1.35 bits per heavy atom. The number of aliphatic hydroxyl groups is 1. The first-order valence-corrected chi connectivity index (χ1v) is 6.24. The molecule has 0 saturated heterocycles. The molecule has 0 amide bonds. The molecule has 4 heteroatoms. The molecule has 1 aromatic carbocycles. The van der Waals surface area contributed by atoms with E-state index in [2.05, 4.69) is 4.98 Å². The number of hydrogen-bond donors (Lipinski definition) is 1. The van der Waals surface area contributed by atoms with Gasteiger partial charge in [0.05, 0.1) is 0 Å². The van der Waals surface area contributed by atoms with Gasteiger partial charge >= 0.3 is 0 Å². The predicted octanol–water partition coefficient (Wildman–Crippen LogP) is 3.61. The first-order valence-electron chi connectivity index (χ1n) is 5.36. The summed E-state index contributed by atoms with van der Waals surface area (Å²) in [6.07, 6.45) is -0.530. The number of rotatable bonds is 2. The van der Waals surface area contributed by atoms with Crippen molar-refractivity contribution in [3.63, 3.8) is 0 Å². The fourth-order valence-corrected chi connectivity index (χ4v) is 2.45. The SMILES string of the molecule is CC(O)c1nc(-c2cc3ccccc3o2)cs1. The average Bonchev–Trinajstić information content (AvgIpc) is 2.95. The minimum Gasteiger partial charge on any atom is -0.454 e. The van der Waals surface area contributed by atoms with Crippen molar-refractivity contribution in [2.75, 3.05) is 0 Å². The normalized spacial score (nSPS) is 13.1. The summed E-state index contributed by atoms with van der Waals surface area (Å²) >= 11 is 1.44. The van der Waals surface area contributed by atoms with E-state index in [9.17, 15) is 5.11 Å². The molecule has 0 aliphatic rings. The van der Waals surface area contributed by atoms with Crippen LogP contribution in [0.15, 0.2) is 40.1 Å². The van der Waals surface area contributed by atoms with Crippen molar-refractivity contribution in [1.82, 2.24) is 4.98 Å². The summed E-state index contributed by atoms with van der Waals surface area (Å²) in [4.78, 5) is 4.35. The Morgan fingerprint density at radius 3 is 2.88 bits per heavy atom. The molecular weight excluding hydrogens is 234 g/mol. The van der Waals surface area contributed by atoms with Crippen LogP contribution < -0.4 is 0 Å². The Kier molecular flexibility index (Phi) is 2.46. The third-order valence-corrected chi connectivity index (χ3v) is 3.57. The second-order valence-corrected chi connectivity index (χ2v) is 4.79. The lowest BCUT2D eigenvalue weighted by atomic mass is 10.2. The quantitative estimate of drug-likeness (QED) is 0.750. The summed E-state index contributed by atoms with van der Waals surface area (Å²) in [7, 11) is 0. The molecule has 0 fully saturated rings. The van der Waals surface area contributed by atoms with Crippen molar-refractivity contribution in [3.05, 3.63) is 40.7 Å². The van der Waals surface area contributed by atoms with Gasteiger partial charge in [0.1, 0.15) is 22.4 Å². The topological polar surface area (TPSA) is 46.3 Å².